The second kappa shape index (κ2) is 7.88. The highest BCUT2D eigenvalue weighted by Gasteiger charge is 2.23. The van der Waals surface area contributed by atoms with Crippen molar-refractivity contribution in [1.82, 2.24) is 35.9 Å². The lowest BCUT2D eigenvalue weighted by Crippen LogP contribution is -2.45. The van der Waals surface area contributed by atoms with Gasteiger partial charge in [0.25, 0.3) is 5.91 Å². The number of amides is 1. The first-order valence-corrected chi connectivity index (χ1v) is 9.99. The van der Waals surface area contributed by atoms with Crippen LogP contribution in [-0.2, 0) is 0 Å². The van der Waals surface area contributed by atoms with E-state index in [1.54, 1.807) is 12.1 Å². The maximum atomic E-state index is 12.4. The number of carbonyl (C=O) groups excluding carboxylic acids is 1. The van der Waals surface area contributed by atoms with Crippen molar-refractivity contribution >= 4 is 39.3 Å². The second-order valence-electron chi connectivity index (χ2n) is 6.66. The van der Waals surface area contributed by atoms with E-state index in [4.69, 9.17) is 11.6 Å². The van der Waals surface area contributed by atoms with E-state index in [-0.39, 0.29) is 11.9 Å². The molecule has 9 nitrogen and oxygen atoms in total. The zero-order chi connectivity index (χ0) is 19.7. The van der Waals surface area contributed by atoms with E-state index in [2.05, 4.69) is 56.7 Å². The van der Waals surface area contributed by atoms with Crippen molar-refractivity contribution in [1.29, 1.82) is 0 Å². The third-order valence-electron chi connectivity index (χ3n) is 4.73. The van der Waals surface area contributed by atoms with Gasteiger partial charge in [-0.2, -0.15) is 5.21 Å². The summed E-state index contributed by atoms with van der Waals surface area (Å²) in [6, 6.07) is 5.52. The van der Waals surface area contributed by atoms with Gasteiger partial charge in [-0.05, 0) is 59.1 Å². The fourth-order valence-electron chi connectivity index (χ4n) is 3.23. The summed E-state index contributed by atoms with van der Waals surface area (Å²) in [6.07, 6.45) is 1.64. The van der Waals surface area contributed by atoms with Crippen LogP contribution in [0.4, 0.5) is 5.82 Å². The van der Waals surface area contributed by atoms with E-state index >= 15 is 0 Å². The first-order valence-electron chi connectivity index (χ1n) is 8.82. The maximum absolute atomic E-state index is 12.4. The third-order valence-corrected chi connectivity index (χ3v) is 5.75. The summed E-state index contributed by atoms with van der Waals surface area (Å²) >= 11 is 9.60. The van der Waals surface area contributed by atoms with Crippen LogP contribution in [0.2, 0.25) is 5.15 Å². The standard InChI is InChI=1S/C17H18BrClN8O/c1-9-12(18)8-13(20-9)17(28)21-11-2-4-27(5-3-11)15-7-10(6-14(19)22-15)16-23-25-26-24-16/h6-8,11,20H,2-5H2,1H3,(H,21,28)(H,23,24,25,26). The van der Waals surface area contributed by atoms with Crippen LogP contribution >= 0.6 is 27.5 Å². The number of piperidine rings is 1. The smallest absolute Gasteiger partial charge is 0.267 e. The Hall–Kier alpha value is -2.46. The molecule has 0 saturated carbocycles. The monoisotopic (exact) mass is 464 g/mol. The molecular weight excluding hydrogens is 448 g/mol. The van der Waals surface area contributed by atoms with Crippen molar-refractivity contribution in [2.75, 3.05) is 18.0 Å². The predicted molar refractivity (Wildman–Crippen MR) is 108 cm³/mol. The summed E-state index contributed by atoms with van der Waals surface area (Å²) in [7, 11) is 0. The minimum absolute atomic E-state index is 0.0903. The molecular formula is C17H18BrClN8O. The van der Waals surface area contributed by atoms with Crippen molar-refractivity contribution in [3.8, 4) is 11.4 Å². The molecule has 3 aromatic rings. The molecule has 11 heteroatoms. The Bertz CT molecular complexity index is 962. The molecule has 3 N–H and O–H groups in total. The summed E-state index contributed by atoms with van der Waals surface area (Å²) in [4.78, 5) is 22.1. The number of nitrogens with zero attached hydrogens (tertiary/aromatic N) is 5. The summed E-state index contributed by atoms with van der Waals surface area (Å²) in [6.45, 7) is 3.44. The van der Waals surface area contributed by atoms with Gasteiger partial charge in [0, 0.05) is 34.9 Å². The number of pyridine rings is 1. The Morgan fingerprint density at radius 1 is 1.32 bits per heavy atom. The Kier molecular flexibility index (Phi) is 5.31. The minimum Gasteiger partial charge on any atom is -0.356 e. The van der Waals surface area contributed by atoms with Crippen molar-refractivity contribution in [3.63, 3.8) is 0 Å². The fraction of sp³-hybridized carbons (Fsp3) is 0.353. The molecule has 1 saturated heterocycles. The molecule has 1 aliphatic rings. The van der Waals surface area contributed by atoms with Gasteiger partial charge in [0.1, 0.15) is 16.7 Å². The molecule has 0 spiro atoms. The van der Waals surface area contributed by atoms with Crippen molar-refractivity contribution < 1.29 is 4.79 Å². The van der Waals surface area contributed by atoms with Gasteiger partial charge in [0.15, 0.2) is 0 Å². The number of aromatic amines is 2. The fourth-order valence-corrected chi connectivity index (χ4v) is 3.76. The van der Waals surface area contributed by atoms with Gasteiger partial charge in [-0.1, -0.05) is 11.6 Å². The number of carbonyl (C=O) groups is 1. The van der Waals surface area contributed by atoms with E-state index in [1.807, 2.05) is 13.0 Å². The molecule has 0 atom stereocenters. The second-order valence-corrected chi connectivity index (χ2v) is 7.90. The lowest BCUT2D eigenvalue weighted by molar-refractivity contribution is 0.0926. The van der Waals surface area contributed by atoms with Gasteiger partial charge in [-0.3, -0.25) is 4.79 Å². The molecule has 0 bridgehead atoms. The molecule has 4 heterocycles. The van der Waals surface area contributed by atoms with Gasteiger partial charge >= 0.3 is 0 Å². The van der Waals surface area contributed by atoms with Crippen molar-refractivity contribution in [3.05, 3.63) is 39.2 Å². The minimum atomic E-state index is -0.0903. The highest BCUT2D eigenvalue weighted by atomic mass is 79.9. The number of aryl methyl sites for hydroxylation is 1. The van der Waals surface area contributed by atoms with Crippen LogP contribution < -0.4 is 10.2 Å². The predicted octanol–water partition coefficient (Wildman–Crippen LogP) is 2.71. The number of hydrogen-bond donors (Lipinski definition) is 3. The maximum Gasteiger partial charge on any atom is 0.267 e. The van der Waals surface area contributed by atoms with Crippen LogP contribution in [0, 0.1) is 6.92 Å². The van der Waals surface area contributed by atoms with Crippen molar-refractivity contribution in [2.24, 2.45) is 0 Å². The molecule has 1 fully saturated rings. The van der Waals surface area contributed by atoms with Crippen LogP contribution in [-0.4, -0.2) is 55.6 Å². The number of aromatic nitrogens is 6. The number of H-pyrrole nitrogens is 2. The molecule has 3 aromatic heterocycles. The molecule has 0 aliphatic carbocycles. The lowest BCUT2D eigenvalue weighted by Gasteiger charge is -2.33. The third kappa shape index (κ3) is 4.02. The van der Waals surface area contributed by atoms with Crippen LogP contribution in [0.5, 0.6) is 0 Å². The normalized spacial score (nSPS) is 15.0. The van der Waals surface area contributed by atoms with E-state index in [1.165, 1.54) is 0 Å². The molecule has 28 heavy (non-hydrogen) atoms. The Morgan fingerprint density at radius 2 is 2.11 bits per heavy atom. The van der Waals surface area contributed by atoms with E-state index in [0.29, 0.717) is 16.7 Å². The lowest BCUT2D eigenvalue weighted by atomic mass is 10.0. The Labute approximate surface area is 174 Å². The Balaban J connectivity index is 1.40. The Morgan fingerprint density at radius 3 is 2.75 bits per heavy atom. The summed E-state index contributed by atoms with van der Waals surface area (Å²) in [5, 5.41) is 17.5. The number of hydrogen-bond acceptors (Lipinski definition) is 6. The summed E-state index contributed by atoms with van der Waals surface area (Å²) < 4.78 is 0.900. The molecule has 1 amide bonds. The van der Waals surface area contributed by atoms with E-state index in [9.17, 15) is 4.79 Å². The number of nitrogens with one attached hydrogen (secondary N) is 3. The zero-order valence-electron chi connectivity index (χ0n) is 15.0. The number of halogens is 2. The summed E-state index contributed by atoms with van der Waals surface area (Å²) in [5.74, 6) is 1.15. The van der Waals surface area contributed by atoms with Crippen LogP contribution in [0.15, 0.2) is 22.7 Å². The quantitative estimate of drug-likeness (QED) is 0.510. The number of rotatable bonds is 4. The van der Waals surface area contributed by atoms with Gasteiger partial charge in [0.2, 0.25) is 5.82 Å². The molecule has 0 unspecified atom stereocenters. The average Bonchev–Trinajstić information content (AvgIpc) is 3.32. The van der Waals surface area contributed by atoms with Crippen molar-refractivity contribution in [2.45, 2.75) is 25.8 Å². The molecule has 0 radical (unpaired) electrons. The highest BCUT2D eigenvalue weighted by molar-refractivity contribution is 9.10. The van der Waals surface area contributed by atoms with Gasteiger partial charge in [0.05, 0.1) is 0 Å². The SMILES string of the molecule is Cc1[nH]c(C(=O)NC2CCN(c3cc(-c4nn[nH]n4)cc(Cl)n3)CC2)cc1Br. The van der Waals surface area contributed by atoms with E-state index in [0.717, 1.165) is 47.5 Å². The van der Waals surface area contributed by atoms with Gasteiger partial charge < -0.3 is 15.2 Å². The average molecular weight is 466 g/mol. The van der Waals surface area contributed by atoms with E-state index < -0.39 is 0 Å². The molecule has 0 aromatic carbocycles. The largest absolute Gasteiger partial charge is 0.356 e. The molecule has 1 aliphatic heterocycles. The molecule has 4 rings (SSSR count). The zero-order valence-corrected chi connectivity index (χ0v) is 17.4. The van der Waals surface area contributed by atoms with Gasteiger partial charge in [-0.25, -0.2) is 4.98 Å². The number of tetrazole rings is 1. The molecule has 146 valence electrons. The topological polar surface area (TPSA) is 115 Å². The summed E-state index contributed by atoms with van der Waals surface area (Å²) in [5.41, 5.74) is 2.25. The highest BCUT2D eigenvalue weighted by Crippen LogP contribution is 2.26. The van der Waals surface area contributed by atoms with Crippen LogP contribution in [0.3, 0.4) is 0 Å². The first kappa shape index (κ1) is 18.9. The van der Waals surface area contributed by atoms with Crippen LogP contribution in [0.25, 0.3) is 11.4 Å². The van der Waals surface area contributed by atoms with Gasteiger partial charge in [-0.15, -0.1) is 10.2 Å². The van der Waals surface area contributed by atoms with Crippen LogP contribution in [0.1, 0.15) is 29.0 Å². The number of anilines is 1. The first-order chi connectivity index (χ1) is 13.5.